The van der Waals surface area contributed by atoms with Gasteiger partial charge in [0.05, 0.1) is 24.3 Å². The van der Waals surface area contributed by atoms with Gasteiger partial charge in [-0.05, 0) is 26.0 Å². The van der Waals surface area contributed by atoms with Crippen LogP contribution in [-0.2, 0) is 13.6 Å². The van der Waals surface area contributed by atoms with Gasteiger partial charge < -0.3 is 13.5 Å². The molecule has 0 unspecified atom stereocenters. The summed E-state index contributed by atoms with van der Waals surface area (Å²) in [5.41, 5.74) is 0.550. The average molecular weight is 446 g/mol. The maximum atomic E-state index is 13.8. The molecule has 2 heterocycles. The zero-order valence-corrected chi connectivity index (χ0v) is 17.8. The van der Waals surface area contributed by atoms with Crippen LogP contribution in [0.1, 0.15) is 45.9 Å². The van der Waals surface area contributed by atoms with E-state index in [9.17, 15) is 14.2 Å². The molecule has 0 N–H and O–H groups in total. The van der Waals surface area contributed by atoms with Crippen LogP contribution in [0, 0.1) is 0 Å². The van der Waals surface area contributed by atoms with Crippen molar-refractivity contribution in [1.82, 2.24) is 4.98 Å². The SMILES string of the molecule is CCOP(=O)(OCC)c1c(-c2cccnc2Cl)oc2c1C(=O)c1ccccc1C2=O. The van der Waals surface area contributed by atoms with Crippen LogP contribution in [0.15, 0.2) is 47.0 Å². The van der Waals surface area contributed by atoms with Crippen LogP contribution in [0.2, 0.25) is 5.15 Å². The van der Waals surface area contributed by atoms with Gasteiger partial charge in [-0.15, -0.1) is 0 Å². The predicted molar refractivity (Wildman–Crippen MR) is 111 cm³/mol. The Balaban J connectivity index is 2.09. The maximum absolute atomic E-state index is 13.8. The lowest BCUT2D eigenvalue weighted by Gasteiger charge is -2.20. The van der Waals surface area contributed by atoms with E-state index in [4.69, 9.17) is 25.1 Å². The standard InChI is InChI=1S/C21H17ClNO6P/c1-3-27-30(26,28-4-2)20-15-16(24)12-8-5-6-9-13(12)17(25)19(15)29-18(20)14-10-7-11-23-21(14)22/h5-11H,3-4H2,1-2H3. The summed E-state index contributed by atoms with van der Waals surface area (Å²) in [7, 11) is -4.04. The van der Waals surface area contributed by atoms with E-state index < -0.39 is 19.2 Å². The Bertz CT molecular complexity index is 1210. The topological polar surface area (TPSA) is 95.7 Å². The zero-order chi connectivity index (χ0) is 21.5. The second-order valence-corrected chi connectivity index (χ2v) is 8.68. The highest BCUT2D eigenvalue weighted by Gasteiger charge is 2.45. The van der Waals surface area contributed by atoms with Crippen molar-refractivity contribution in [2.75, 3.05) is 13.2 Å². The van der Waals surface area contributed by atoms with Gasteiger partial charge in [0.15, 0.2) is 17.3 Å². The number of hydrogen-bond acceptors (Lipinski definition) is 7. The average Bonchev–Trinajstić information content (AvgIpc) is 3.14. The lowest BCUT2D eigenvalue weighted by Crippen LogP contribution is -2.26. The fourth-order valence-corrected chi connectivity index (χ4v) is 5.54. The Labute approximate surface area is 177 Å². The van der Waals surface area contributed by atoms with E-state index in [1.165, 1.54) is 12.3 Å². The number of carbonyl (C=O) groups is 2. The van der Waals surface area contributed by atoms with Crippen molar-refractivity contribution in [3.05, 3.63) is 70.2 Å². The highest BCUT2D eigenvalue weighted by atomic mass is 35.5. The first kappa shape index (κ1) is 20.7. The molecule has 4 rings (SSSR count). The number of furan rings is 1. The van der Waals surface area contributed by atoms with Crippen molar-refractivity contribution >= 4 is 36.1 Å². The van der Waals surface area contributed by atoms with Gasteiger partial charge in [0.1, 0.15) is 10.5 Å². The van der Waals surface area contributed by atoms with Gasteiger partial charge in [-0.2, -0.15) is 0 Å². The normalized spacial score (nSPS) is 13.3. The Morgan fingerprint density at radius 2 is 1.53 bits per heavy atom. The molecule has 0 aliphatic heterocycles. The molecule has 154 valence electrons. The lowest BCUT2D eigenvalue weighted by molar-refractivity contribution is 0.0961. The van der Waals surface area contributed by atoms with E-state index in [0.717, 1.165) is 0 Å². The minimum atomic E-state index is -4.04. The van der Waals surface area contributed by atoms with Crippen LogP contribution in [0.5, 0.6) is 0 Å². The van der Waals surface area contributed by atoms with Crippen LogP contribution in [0.3, 0.4) is 0 Å². The number of hydrogen-bond donors (Lipinski definition) is 0. The quantitative estimate of drug-likeness (QED) is 0.314. The third-order valence-corrected chi connectivity index (χ3v) is 7.08. The van der Waals surface area contributed by atoms with Crippen LogP contribution in [-0.4, -0.2) is 29.8 Å². The van der Waals surface area contributed by atoms with Gasteiger partial charge in [-0.1, -0.05) is 35.9 Å². The number of ketones is 2. The van der Waals surface area contributed by atoms with Gasteiger partial charge in [-0.25, -0.2) is 4.98 Å². The summed E-state index contributed by atoms with van der Waals surface area (Å²) in [5, 5.41) is -0.0502. The van der Waals surface area contributed by atoms with Gasteiger partial charge >= 0.3 is 7.60 Å². The molecule has 9 heteroatoms. The summed E-state index contributed by atoms with van der Waals surface area (Å²) < 4.78 is 30.6. The van der Waals surface area contributed by atoms with Gasteiger partial charge in [0, 0.05) is 17.3 Å². The number of benzene rings is 1. The Morgan fingerprint density at radius 1 is 0.933 bits per heavy atom. The maximum Gasteiger partial charge on any atom is 0.366 e. The summed E-state index contributed by atoms with van der Waals surface area (Å²) in [5.74, 6) is -1.24. The number of halogens is 1. The molecule has 0 bridgehead atoms. The van der Waals surface area contributed by atoms with Crippen molar-refractivity contribution in [1.29, 1.82) is 0 Å². The van der Waals surface area contributed by atoms with Crippen molar-refractivity contribution in [3.8, 4) is 11.3 Å². The minimum absolute atomic E-state index is 0.0298. The molecule has 0 saturated carbocycles. The fourth-order valence-electron chi connectivity index (χ4n) is 3.43. The molecule has 0 amide bonds. The molecular formula is C21H17ClNO6P. The number of nitrogens with zero attached hydrogens (tertiary/aromatic N) is 1. The highest BCUT2D eigenvalue weighted by Crippen LogP contribution is 2.53. The van der Waals surface area contributed by atoms with E-state index in [-0.39, 0.29) is 57.4 Å². The molecule has 1 aliphatic rings. The Morgan fingerprint density at radius 3 is 2.13 bits per heavy atom. The molecule has 0 saturated heterocycles. The van der Waals surface area contributed by atoms with Crippen LogP contribution in [0.25, 0.3) is 11.3 Å². The third-order valence-electron chi connectivity index (χ3n) is 4.61. The molecular weight excluding hydrogens is 429 g/mol. The molecule has 1 aliphatic carbocycles. The van der Waals surface area contributed by atoms with E-state index in [2.05, 4.69) is 4.98 Å². The van der Waals surface area contributed by atoms with Gasteiger partial charge in [-0.3, -0.25) is 14.2 Å². The fraction of sp³-hybridized carbons (Fsp3) is 0.190. The molecule has 0 atom stereocenters. The number of fused-ring (bicyclic) bond motifs is 2. The first-order chi connectivity index (χ1) is 14.4. The van der Waals surface area contributed by atoms with E-state index in [1.807, 2.05) is 0 Å². The molecule has 1 aromatic carbocycles. The molecule has 3 aromatic rings. The summed E-state index contributed by atoms with van der Waals surface area (Å²) in [6.45, 7) is 3.40. The monoisotopic (exact) mass is 445 g/mol. The van der Waals surface area contributed by atoms with Gasteiger partial charge in [0.25, 0.3) is 0 Å². The van der Waals surface area contributed by atoms with E-state index >= 15 is 0 Å². The Kier molecular flexibility index (Phi) is 5.47. The second kappa shape index (κ2) is 7.93. The number of aromatic nitrogens is 1. The molecule has 0 fully saturated rings. The van der Waals surface area contributed by atoms with Crippen molar-refractivity contribution in [3.63, 3.8) is 0 Å². The second-order valence-electron chi connectivity index (χ2n) is 6.36. The largest absolute Gasteiger partial charge is 0.451 e. The molecule has 7 nitrogen and oxygen atoms in total. The molecule has 2 aromatic heterocycles. The van der Waals surface area contributed by atoms with E-state index in [0.29, 0.717) is 0 Å². The minimum Gasteiger partial charge on any atom is -0.451 e. The van der Waals surface area contributed by atoms with Crippen LogP contribution >= 0.6 is 19.2 Å². The zero-order valence-electron chi connectivity index (χ0n) is 16.2. The van der Waals surface area contributed by atoms with Crippen molar-refractivity contribution in [2.45, 2.75) is 13.8 Å². The summed E-state index contributed by atoms with van der Waals surface area (Å²) in [6.07, 6.45) is 1.48. The van der Waals surface area contributed by atoms with Crippen molar-refractivity contribution in [2.24, 2.45) is 0 Å². The Hall–Kier alpha value is -2.57. The van der Waals surface area contributed by atoms with Gasteiger partial charge in [0.2, 0.25) is 5.78 Å². The first-order valence-electron chi connectivity index (χ1n) is 9.28. The smallest absolute Gasteiger partial charge is 0.366 e. The summed E-state index contributed by atoms with van der Waals surface area (Å²) >= 11 is 6.25. The first-order valence-corrected chi connectivity index (χ1v) is 11.2. The predicted octanol–water partition coefficient (Wildman–Crippen LogP) is 4.66. The van der Waals surface area contributed by atoms with Crippen LogP contribution < -0.4 is 5.30 Å². The number of rotatable bonds is 6. The van der Waals surface area contributed by atoms with E-state index in [1.54, 1.807) is 44.2 Å². The summed E-state index contributed by atoms with van der Waals surface area (Å²) in [4.78, 5) is 30.5. The number of carbonyl (C=O) groups excluding carboxylic acids is 2. The van der Waals surface area contributed by atoms with Crippen LogP contribution in [0.4, 0.5) is 0 Å². The van der Waals surface area contributed by atoms with Crippen molar-refractivity contribution < 1.29 is 27.6 Å². The number of pyridine rings is 1. The summed E-state index contributed by atoms with van der Waals surface area (Å²) in [6, 6.07) is 9.59. The lowest BCUT2D eigenvalue weighted by atomic mass is 9.88. The molecule has 30 heavy (non-hydrogen) atoms. The third kappa shape index (κ3) is 3.15. The highest BCUT2D eigenvalue weighted by molar-refractivity contribution is 7.62. The molecule has 0 radical (unpaired) electrons. The molecule has 0 spiro atoms.